The van der Waals surface area contributed by atoms with Gasteiger partial charge in [0.15, 0.2) is 0 Å². The second-order valence-corrected chi connectivity index (χ2v) is 8.29. The van der Waals surface area contributed by atoms with Crippen LogP contribution in [0.4, 0.5) is 0 Å². The molecule has 0 N–H and O–H groups in total. The molecule has 1 saturated heterocycles. The Kier molecular flexibility index (Phi) is 4.51. The highest BCUT2D eigenvalue weighted by Crippen LogP contribution is 2.49. The molecule has 0 amide bonds. The number of carbonyl (C=O) groups is 1. The van der Waals surface area contributed by atoms with Crippen molar-refractivity contribution in [3.63, 3.8) is 0 Å². The van der Waals surface area contributed by atoms with E-state index in [1.165, 1.54) is 16.0 Å². The third-order valence-corrected chi connectivity index (χ3v) is 6.64. The molecule has 0 bridgehead atoms. The van der Waals surface area contributed by atoms with Gasteiger partial charge in [0.25, 0.3) is 0 Å². The van der Waals surface area contributed by atoms with Crippen molar-refractivity contribution in [2.24, 2.45) is 0 Å². The number of thioether (sulfide) groups is 1. The zero-order chi connectivity index (χ0) is 14.8. The molecule has 0 spiro atoms. The van der Waals surface area contributed by atoms with E-state index in [4.69, 9.17) is 0 Å². The van der Waals surface area contributed by atoms with Crippen molar-refractivity contribution in [3.05, 3.63) is 57.8 Å². The van der Waals surface area contributed by atoms with Crippen LogP contribution in [0.5, 0.6) is 0 Å². The summed E-state index contributed by atoms with van der Waals surface area (Å²) in [6, 6.07) is 13.1. The van der Waals surface area contributed by atoms with Crippen LogP contribution in [0.3, 0.4) is 0 Å². The van der Waals surface area contributed by atoms with E-state index in [2.05, 4.69) is 55.6 Å². The maximum Gasteiger partial charge on any atom is 0.135 e. The molecule has 0 saturated carbocycles. The van der Waals surface area contributed by atoms with E-state index >= 15 is 0 Å². The van der Waals surface area contributed by atoms with E-state index in [-0.39, 0.29) is 0 Å². The number of rotatable bonds is 3. The fourth-order valence-corrected chi connectivity index (χ4v) is 5.25. The maximum atomic E-state index is 12.1. The Morgan fingerprint density at radius 2 is 1.76 bits per heavy atom. The van der Waals surface area contributed by atoms with E-state index in [0.717, 1.165) is 0 Å². The number of hydrogen-bond acceptors (Lipinski definition) is 3. The lowest BCUT2D eigenvalue weighted by atomic mass is 9.98. The molecule has 110 valence electrons. The topological polar surface area (TPSA) is 17.1 Å². The highest BCUT2D eigenvalue weighted by molar-refractivity contribution is 8.00. The van der Waals surface area contributed by atoms with Crippen LogP contribution in [0.15, 0.2) is 41.8 Å². The summed E-state index contributed by atoms with van der Waals surface area (Å²) in [5.41, 5.74) is 2.65. The van der Waals surface area contributed by atoms with Crippen LogP contribution in [-0.4, -0.2) is 5.78 Å². The van der Waals surface area contributed by atoms with Crippen molar-refractivity contribution in [2.75, 3.05) is 0 Å². The Hall–Kier alpha value is -1.06. The number of carbonyl (C=O) groups excluding carboxylic acids is 1. The third-order valence-electron chi connectivity index (χ3n) is 3.99. The van der Waals surface area contributed by atoms with Gasteiger partial charge in [0, 0.05) is 28.2 Å². The maximum absolute atomic E-state index is 12.1. The number of ketones is 1. The Bertz CT molecular complexity index is 599. The highest BCUT2D eigenvalue weighted by Gasteiger charge is 2.30. The van der Waals surface area contributed by atoms with Crippen LogP contribution in [0.2, 0.25) is 0 Å². The molecule has 2 unspecified atom stereocenters. The van der Waals surface area contributed by atoms with Crippen molar-refractivity contribution in [2.45, 2.75) is 43.1 Å². The lowest BCUT2D eigenvalue weighted by Gasteiger charge is -2.28. The number of hydrogen-bond donors (Lipinski definition) is 0. The minimum atomic E-state index is 0.305. The first-order valence-corrected chi connectivity index (χ1v) is 9.26. The average molecular weight is 316 g/mol. The third kappa shape index (κ3) is 3.41. The summed E-state index contributed by atoms with van der Waals surface area (Å²) >= 11 is 3.71. The zero-order valence-corrected chi connectivity index (χ0v) is 14.0. The van der Waals surface area contributed by atoms with E-state index in [1.807, 2.05) is 11.8 Å². The molecular weight excluding hydrogens is 296 g/mol. The molecule has 1 fully saturated rings. The lowest BCUT2D eigenvalue weighted by molar-refractivity contribution is -0.119. The van der Waals surface area contributed by atoms with Gasteiger partial charge in [-0.3, -0.25) is 4.79 Å². The number of benzene rings is 1. The normalized spacial score (nSPS) is 22.7. The fraction of sp³-hybridized carbons (Fsp3) is 0.389. The standard InChI is InChI=1S/C18H20OS2/c1-12(2)13-5-7-14(8-6-13)17-10-15(19)11-18(21-17)16-4-3-9-20-16/h3-9,12,17-18H,10-11H2,1-2H3. The van der Waals surface area contributed by atoms with Gasteiger partial charge < -0.3 is 0 Å². The monoisotopic (exact) mass is 316 g/mol. The largest absolute Gasteiger partial charge is 0.300 e. The Morgan fingerprint density at radius 1 is 1.05 bits per heavy atom. The predicted octanol–water partition coefficient (Wildman–Crippen LogP) is 5.75. The van der Waals surface area contributed by atoms with Gasteiger partial charge in [0.1, 0.15) is 5.78 Å². The SMILES string of the molecule is CC(C)c1ccc(C2CC(=O)CC(c3cccs3)S2)cc1. The number of thiophene rings is 1. The first-order valence-electron chi connectivity index (χ1n) is 7.44. The summed E-state index contributed by atoms with van der Waals surface area (Å²) in [5.74, 6) is 0.948. The van der Waals surface area contributed by atoms with Crippen LogP contribution in [-0.2, 0) is 4.79 Å². The predicted molar refractivity (Wildman–Crippen MR) is 92.2 cm³/mol. The minimum Gasteiger partial charge on any atom is -0.300 e. The van der Waals surface area contributed by atoms with Gasteiger partial charge in [-0.2, -0.15) is 0 Å². The van der Waals surface area contributed by atoms with Crippen LogP contribution < -0.4 is 0 Å². The molecule has 21 heavy (non-hydrogen) atoms. The second-order valence-electron chi connectivity index (χ2n) is 5.90. The first-order chi connectivity index (χ1) is 10.1. The van der Waals surface area contributed by atoms with E-state index in [0.29, 0.717) is 35.0 Å². The van der Waals surface area contributed by atoms with Crippen molar-refractivity contribution >= 4 is 28.9 Å². The van der Waals surface area contributed by atoms with E-state index < -0.39 is 0 Å². The Labute approximate surface area is 134 Å². The van der Waals surface area contributed by atoms with Gasteiger partial charge in [0.2, 0.25) is 0 Å². The molecule has 1 aliphatic heterocycles. The molecule has 1 aromatic heterocycles. The summed E-state index contributed by atoms with van der Waals surface area (Å²) in [6.07, 6.45) is 1.36. The quantitative estimate of drug-likeness (QED) is 0.717. The van der Waals surface area contributed by atoms with E-state index in [9.17, 15) is 4.79 Å². The molecule has 3 heteroatoms. The Balaban J connectivity index is 1.79. The summed E-state index contributed by atoms with van der Waals surface area (Å²) in [7, 11) is 0. The zero-order valence-electron chi connectivity index (χ0n) is 12.4. The van der Waals surface area contributed by atoms with Crippen LogP contribution in [0, 0.1) is 0 Å². The molecule has 2 heterocycles. The summed E-state index contributed by atoms with van der Waals surface area (Å²) < 4.78 is 0. The van der Waals surface area contributed by atoms with Crippen molar-refractivity contribution in [1.29, 1.82) is 0 Å². The van der Waals surface area contributed by atoms with Gasteiger partial charge in [-0.1, -0.05) is 44.2 Å². The minimum absolute atomic E-state index is 0.305. The molecule has 2 atom stereocenters. The van der Waals surface area contributed by atoms with Gasteiger partial charge in [-0.25, -0.2) is 0 Å². The molecule has 3 rings (SSSR count). The van der Waals surface area contributed by atoms with Crippen molar-refractivity contribution in [3.8, 4) is 0 Å². The second kappa shape index (κ2) is 6.37. The highest BCUT2D eigenvalue weighted by atomic mass is 32.2. The average Bonchev–Trinajstić information content (AvgIpc) is 3.01. The molecular formula is C18H20OS2. The lowest BCUT2D eigenvalue weighted by Crippen LogP contribution is -2.15. The van der Waals surface area contributed by atoms with Gasteiger partial charge in [-0.05, 0) is 28.5 Å². The molecule has 1 nitrogen and oxygen atoms in total. The van der Waals surface area contributed by atoms with Crippen molar-refractivity contribution in [1.82, 2.24) is 0 Å². The van der Waals surface area contributed by atoms with Crippen LogP contribution in [0.25, 0.3) is 0 Å². The van der Waals surface area contributed by atoms with Gasteiger partial charge >= 0.3 is 0 Å². The summed E-state index contributed by atoms with van der Waals surface area (Å²) in [5, 5.41) is 2.74. The molecule has 2 aromatic rings. The molecule has 1 aromatic carbocycles. The van der Waals surface area contributed by atoms with E-state index in [1.54, 1.807) is 11.3 Å². The van der Waals surface area contributed by atoms with Crippen LogP contribution in [0.1, 0.15) is 59.1 Å². The molecule has 0 radical (unpaired) electrons. The summed E-state index contributed by atoms with van der Waals surface area (Å²) in [6.45, 7) is 4.42. The summed E-state index contributed by atoms with van der Waals surface area (Å²) in [4.78, 5) is 13.4. The molecule has 0 aliphatic carbocycles. The van der Waals surface area contributed by atoms with Gasteiger partial charge in [-0.15, -0.1) is 23.1 Å². The fourth-order valence-electron chi connectivity index (χ4n) is 2.73. The van der Waals surface area contributed by atoms with Gasteiger partial charge in [0.05, 0.1) is 0 Å². The Morgan fingerprint density at radius 3 is 2.38 bits per heavy atom. The first kappa shape index (κ1) is 14.9. The van der Waals surface area contributed by atoms with Crippen LogP contribution >= 0.6 is 23.1 Å². The number of Topliss-reactive ketones (excluding diaryl/α,β-unsaturated/α-hetero) is 1. The molecule has 1 aliphatic rings. The smallest absolute Gasteiger partial charge is 0.135 e. The van der Waals surface area contributed by atoms with Crippen molar-refractivity contribution < 1.29 is 4.79 Å².